The smallest absolute Gasteiger partial charge is 0.345 e. The van der Waals surface area contributed by atoms with Crippen LogP contribution in [0.1, 0.15) is 74.5 Å². The number of H-pyrrole nitrogens is 1. The fourth-order valence-electron chi connectivity index (χ4n) is 3.79. The minimum absolute atomic E-state index is 0.245. The van der Waals surface area contributed by atoms with Gasteiger partial charge in [0.05, 0.1) is 11.6 Å². The number of hydrogen-bond acceptors (Lipinski definition) is 1. The maximum Gasteiger partial charge on any atom is 0.392 e. The highest BCUT2D eigenvalue weighted by molar-refractivity contribution is 5.23. The average molecular weight is 286 g/mol. The van der Waals surface area contributed by atoms with Gasteiger partial charge in [-0.2, -0.15) is 13.2 Å². The third kappa shape index (κ3) is 2.47. The molecule has 1 aromatic rings. The molecule has 2 nitrogen and oxygen atoms in total. The fourth-order valence-corrected chi connectivity index (χ4v) is 3.79. The number of aryl methyl sites for hydroxylation is 1. The van der Waals surface area contributed by atoms with Crippen LogP contribution in [0.5, 0.6) is 0 Å². The largest absolute Gasteiger partial charge is 0.392 e. The Morgan fingerprint density at radius 2 is 1.85 bits per heavy atom. The first kappa shape index (κ1) is 14.0. The van der Waals surface area contributed by atoms with Gasteiger partial charge < -0.3 is 4.98 Å². The Morgan fingerprint density at radius 3 is 2.55 bits per heavy atom. The van der Waals surface area contributed by atoms with E-state index >= 15 is 0 Å². The van der Waals surface area contributed by atoms with Gasteiger partial charge in [0, 0.05) is 17.5 Å². The molecular formula is C15H21F3N2. The molecule has 0 aromatic carbocycles. The van der Waals surface area contributed by atoms with E-state index in [0.717, 1.165) is 37.1 Å². The van der Waals surface area contributed by atoms with Crippen molar-refractivity contribution >= 4 is 0 Å². The van der Waals surface area contributed by atoms with Crippen molar-refractivity contribution in [2.75, 3.05) is 0 Å². The number of aromatic nitrogens is 2. The highest BCUT2D eigenvalue weighted by atomic mass is 19.4. The van der Waals surface area contributed by atoms with E-state index in [4.69, 9.17) is 0 Å². The predicted molar refractivity (Wildman–Crippen MR) is 70.7 cm³/mol. The molecule has 5 heteroatoms. The Morgan fingerprint density at radius 1 is 1.10 bits per heavy atom. The lowest BCUT2D eigenvalue weighted by Crippen LogP contribution is -2.32. The fraction of sp³-hybridized carbons (Fsp3) is 0.800. The first-order chi connectivity index (χ1) is 9.47. The van der Waals surface area contributed by atoms with Crippen LogP contribution in [0.15, 0.2) is 0 Å². The van der Waals surface area contributed by atoms with Crippen LogP contribution in [-0.2, 0) is 6.42 Å². The lowest BCUT2D eigenvalue weighted by Gasteiger charge is -2.31. The molecule has 0 saturated heterocycles. The molecule has 0 bridgehead atoms. The van der Waals surface area contributed by atoms with Gasteiger partial charge in [0.2, 0.25) is 0 Å². The second kappa shape index (κ2) is 5.08. The minimum Gasteiger partial charge on any atom is -0.345 e. The summed E-state index contributed by atoms with van der Waals surface area (Å²) in [4.78, 5) is 7.79. The van der Waals surface area contributed by atoms with Gasteiger partial charge in [-0.25, -0.2) is 4.98 Å². The van der Waals surface area contributed by atoms with Crippen molar-refractivity contribution in [3.63, 3.8) is 0 Å². The van der Waals surface area contributed by atoms with Crippen LogP contribution < -0.4 is 0 Å². The standard InChI is InChI=1S/C15H21F3N2/c1-9-5-4-8-12-13(9)20-14(19-12)10-6-2-3-7-11(10)15(16,17)18/h9-11H,2-8H2,1H3,(H,19,20). The second-order valence-electron chi connectivity index (χ2n) is 6.32. The average Bonchev–Trinajstić information content (AvgIpc) is 2.83. The number of alkyl halides is 3. The highest BCUT2D eigenvalue weighted by Crippen LogP contribution is 2.46. The zero-order valence-corrected chi connectivity index (χ0v) is 11.8. The predicted octanol–water partition coefficient (Wildman–Crippen LogP) is 4.69. The molecule has 1 fully saturated rings. The van der Waals surface area contributed by atoms with E-state index in [-0.39, 0.29) is 6.42 Å². The molecule has 1 saturated carbocycles. The Labute approximate surface area is 117 Å². The zero-order chi connectivity index (χ0) is 14.3. The summed E-state index contributed by atoms with van der Waals surface area (Å²) in [6.07, 6.45) is 1.41. The molecule has 112 valence electrons. The number of imidazole rings is 1. The van der Waals surface area contributed by atoms with E-state index in [1.807, 2.05) is 0 Å². The molecule has 3 rings (SSSR count). The van der Waals surface area contributed by atoms with Gasteiger partial charge in [-0.15, -0.1) is 0 Å². The summed E-state index contributed by atoms with van der Waals surface area (Å²) >= 11 is 0. The van der Waals surface area contributed by atoms with Crippen molar-refractivity contribution < 1.29 is 13.2 Å². The van der Waals surface area contributed by atoms with Crippen LogP contribution >= 0.6 is 0 Å². The molecule has 0 amide bonds. The molecule has 0 radical (unpaired) electrons. The molecular weight excluding hydrogens is 265 g/mol. The van der Waals surface area contributed by atoms with E-state index in [2.05, 4.69) is 16.9 Å². The van der Waals surface area contributed by atoms with E-state index in [0.29, 0.717) is 24.6 Å². The van der Waals surface area contributed by atoms with Gasteiger partial charge in [-0.05, 0) is 32.1 Å². The molecule has 1 N–H and O–H groups in total. The SMILES string of the molecule is CC1CCCc2[nH]c(C3CCCCC3C(F)(F)F)nc21. The van der Waals surface area contributed by atoms with Crippen molar-refractivity contribution in [3.05, 3.63) is 17.2 Å². The summed E-state index contributed by atoms with van der Waals surface area (Å²) in [6, 6.07) is 0. The normalized spacial score (nSPS) is 31.1. The van der Waals surface area contributed by atoms with Crippen molar-refractivity contribution in [3.8, 4) is 0 Å². The van der Waals surface area contributed by atoms with Crippen molar-refractivity contribution in [2.45, 2.75) is 69.9 Å². The van der Waals surface area contributed by atoms with E-state index in [1.54, 1.807) is 0 Å². The molecule has 2 aliphatic rings. The molecule has 0 aliphatic heterocycles. The molecule has 0 spiro atoms. The lowest BCUT2D eigenvalue weighted by molar-refractivity contribution is -0.187. The second-order valence-corrected chi connectivity index (χ2v) is 6.32. The first-order valence-electron chi connectivity index (χ1n) is 7.62. The third-order valence-electron chi connectivity index (χ3n) is 4.90. The van der Waals surface area contributed by atoms with Crippen LogP contribution in [0, 0.1) is 5.92 Å². The molecule has 1 aromatic heterocycles. The van der Waals surface area contributed by atoms with Gasteiger partial charge in [-0.1, -0.05) is 19.8 Å². The summed E-state index contributed by atoms with van der Waals surface area (Å²) < 4.78 is 39.6. The number of fused-ring (bicyclic) bond motifs is 1. The summed E-state index contributed by atoms with van der Waals surface area (Å²) in [5.74, 6) is -0.733. The van der Waals surface area contributed by atoms with Gasteiger partial charge in [0.25, 0.3) is 0 Å². The molecule has 2 aliphatic carbocycles. The Hall–Kier alpha value is -1.00. The van der Waals surface area contributed by atoms with Crippen LogP contribution in [0.2, 0.25) is 0 Å². The topological polar surface area (TPSA) is 28.7 Å². The van der Waals surface area contributed by atoms with Crippen molar-refractivity contribution in [1.82, 2.24) is 9.97 Å². The highest BCUT2D eigenvalue weighted by Gasteiger charge is 2.47. The van der Waals surface area contributed by atoms with Crippen molar-refractivity contribution in [1.29, 1.82) is 0 Å². The van der Waals surface area contributed by atoms with E-state index < -0.39 is 18.0 Å². The third-order valence-corrected chi connectivity index (χ3v) is 4.90. The monoisotopic (exact) mass is 286 g/mol. The van der Waals surface area contributed by atoms with Crippen LogP contribution in [-0.4, -0.2) is 16.1 Å². The van der Waals surface area contributed by atoms with E-state index in [9.17, 15) is 13.2 Å². The number of rotatable bonds is 1. The lowest BCUT2D eigenvalue weighted by atomic mass is 9.78. The Balaban J connectivity index is 1.91. The van der Waals surface area contributed by atoms with Crippen LogP contribution in [0.3, 0.4) is 0 Å². The minimum atomic E-state index is -4.11. The molecule has 3 atom stereocenters. The maximum absolute atomic E-state index is 13.2. The number of nitrogens with zero attached hydrogens (tertiary/aromatic N) is 1. The van der Waals surface area contributed by atoms with E-state index in [1.165, 1.54) is 0 Å². The number of aromatic amines is 1. The quantitative estimate of drug-likeness (QED) is 0.797. The molecule has 3 unspecified atom stereocenters. The summed E-state index contributed by atoms with van der Waals surface area (Å²) in [7, 11) is 0. The van der Waals surface area contributed by atoms with Crippen molar-refractivity contribution in [2.24, 2.45) is 5.92 Å². The van der Waals surface area contributed by atoms with Gasteiger partial charge in [0.15, 0.2) is 0 Å². The molecule has 20 heavy (non-hydrogen) atoms. The molecule has 1 heterocycles. The van der Waals surface area contributed by atoms with Gasteiger partial charge >= 0.3 is 6.18 Å². The Bertz CT molecular complexity index is 478. The number of halogens is 3. The van der Waals surface area contributed by atoms with Gasteiger partial charge in [0.1, 0.15) is 5.82 Å². The van der Waals surface area contributed by atoms with Crippen LogP contribution in [0.4, 0.5) is 13.2 Å². The first-order valence-corrected chi connectivity index (χ1v) is 7.62. The maximum atomic E-state index is 13.2. The Kier molecular flexibility index (Phi) is 3.55. The summed E-state index contributed by atoms with van der Waals surface area (Å²) in [6.45, 7) is 2.12. The van der Waals surface area contributed by atoms with Gasteiger partial charge in [-0.3, -0.25) is 0 Å². The summed E-state index contributed by atoms with van der Waals surface area (Å²) in [5, 5.41) is 0. The zero-order valence-electron chi connectivity index (χ0n) is 11.8. The summed E-state index contributed by atoms with van der Waals surface area (Å²) in [5.41, 5.74) is 2.09. The number of hydrogen-bond donors (Lipinski definition) is 1. The number of nitrogens with one attached hydrogen (secondary N) is 1. The van der Waals surface area contributed by atoms with Crippen LogP contribution in [0.25, 0.3) is 0 Å².